The summed E-state index contributed by atoms with van der Waals surface area (Å²) < 4.78 is 27.7. The van der Waals surface area contributed by atoms with Gasteiger partial charge in [0.15, 0.2) is 0 Å². The molecular weight excluding hydrogens is 431 g/mol. The van der Waals surface area contributed by atoms with Crippen LogP contribution in [0, 0.1) is 11.8 Å². The summed E-state index contributed by atoms with van der Waals surface area (Å²) in [5, 5.41) is 3.60. The van der Waals surface area contributed by atoms with Crippen LogP contribution in [-0.4, -0.2) is 26.9 Å². The Morgan fingerprint density at radius 1 is 1.07 bits per heavy atom. The summed E-state index contributed by atoms with van der Waals surface area (Å²) in [4.78, 5) is 12.9. The average molecular weight is 453 g/mol. The number of hydrogen-bond donors (Lipinski definition) is 1. The van der Waals surface area contributed by atoms with Crippen molar-refractivity contribution < 1.29 is 13.2 Å². The van der Waals surface area contributed by atoms with Gasteiger partial charge in [-0.15, -0.1) is 0 Å². The number of benzene rings is 2. The highest BCUT2D eigenvalue weighted by atomic mass is 35.5. The lowest BCUT2D eigenvalue weighted by Crippen LogP contribution is -2.46. The molecule has 2 fully saturated rings. The fraction of sp³-hybridized carbons (Fsp3) is 0.381. The molecule has 4 rings (SSSR count). The lowest BCUT2D eigenvalue weighted by atomic mass is 9.95. The van der Waals surface area contributed by atoms with Gasteiger partial charge in [-0.05, 0) is 61.4 Å². The number of carbonyl (C=O) groups excluding carboxylic acids is 1. The minimum absolute atomic E-state index is 0.0868. The van der Waals surface area contributed by atoms with Crippen molar-refractivity contribution >= 4 is 44.8 Å². The second-order valence-corrected chi connectivity index (χ2v) is 10.5. The summed E-state index contributed by atoms with van der Waals surface area (Å²) in [6.45, 7) is -0.356. The molecule has 2 aliphatic rings. The number of anilines is 1. The van der Waals surface area contributed by atoms with Crippen LogP contribution < -0.4 is 9.62 Å². The van der Waals surface area contributed by atoms with E-state index in [2.05, 4.69) is 5.32 Å². The van der Waals surface area contributed by atoms with E-state index in [9.17, 15) is 13.2 Å². The van der Waals surface area contributed by atoms with Gasteiger partial charge in [0.05, 0.1) is 15.6 Å². The van der Waals surface area contributed by atoms with Crippen LogP contribution in [-0.2, 0) is 14.8 Å². The summed E-state index contributed by atoms with van der Waals surface area (Å²) in [7, 11) is -4.00. The third-order valence-corrected chi connectivity index (χ3v) is 8.21. The molecule has 0 heterocycles. The first-order valence-corrected chi connectivity index (χ1v) is 11.9. The largest absolute Gasteiger partial charge is 0.352 e. The summed E-state index contributed by atoms with van der Waals surface area (Å²) in [5.74, 6) is 0.841. The molecule has 154 valence electrons. The first-order chi connectivity index (χ1) is 13.8. The molecule has 1 N–H and O–H groups in total. The van der Waals surface area contributed by atoms with Crippen molar-refractivity contribution in [2.24, 2.45) is 11.8 Å². The Bertz CT molecular complexity index is 1010. The minimum Gasteiger partial charge on any atom is -0.352 e. The van der Waals surface area contributed by atoms with Gasteiger partial charge >= 0.3 is 0 Å². The predicted molar refractivity (Wildman–Crippen MR) is 115 cm³/mol. The molecule has 2 saturated carbocycles. The number of rotatable bonds is 6. The summed E-state index contributed by atoms with van der Waals surface area (Å²) >= 11 is 12.4. The van der Waals surface area contributed by atoms with Crippen LogP contribution in [0.15, 0.2) is 53.4 Å². The van der Waals surface area contributed by atoms with Gasteiger partial charge in [0.1, 0.15) is 6.54 Å². The Hall–Kier alpha value is -1.76. The van der Waals surface area contributed by atoms with E-state index in [1.807, 2.05) is 0 Å². The molecule has 0 radical (unpaired) electrons. The molecule has 8 heteroatoms. The van der Waals surface area contributed by atoms with Crippen LogP contribution >= 0.6 is 23.2 Å². The van der Waals surface area contributed by atoms with Crippen molar-refractivity contribution in [3.05, 3.63) is 58.6 Å². The van der Waals surface area contributed by atoms with Crippen LogP contribution in [0.25, 0.3) is 0 Å². The van der Waals surface area contributed by atoms with Gasteiger partial charge in [0.25, 0.3) is 10.0 Å². The number of carbonyl (C=O) groups is 1. The maximum Gasteiger partial charge on any atom is 0.264 e. The Kier molecular flexibility index (Phi) is 5.78. The van der Waals surface area contributed by atoms with Crippen LogP contribution in [0.4, 0.5) is 5.69 Å². The molecule has 0 spiro atoms. The average Bonchev–Trinajstić information content (AvgIpc) is 3.32. The van der Waals surface area contributed by atoms with Gasteiger partial charge in [-0.2, -0.15) is 0 Å². The van der Waals surface area contributed by atoms with Crippen molar-refractivity contribution in [2.75, 3.05) is 10.8 Å². The number of nitrogens with one attached hydrogen (secondary N) is 1. The number of nitrogens with zero attached hydrogens (tertiary/aromatic N) is 1. The highest BCUT2D eigenvalue weighted by Gasteiger charge is 2.40. The van der Waals surface area contributed by atoms with Gasteiger partial charge in [-0.1, -0.05) is 47.8 Å². The van der Waals surface area contributed by atoms with E-state index >= 15 is 0 Å². The zero-order chi connectivity index (χ0) is 20.6. The maximum atomic E-state index is 13.3. The molecule has 0 saturated heterocycles. The predicted octanol–water partition coefficient (Wildman–Crippen LogP) is 4.49. The van der Waals surface area contributed by atoms with E-state index in [0.717, 1.165) is 23.6 Å². The highest BCUT2D eigenvalue weighted by molar-refractivity contribution is 7.92. The SMILES string of the molecule is O=C(CN(c1cc(Cl)ccc1Cl)S(=O)(=O)c1ccccc1)N[C@@H]1C[C@H]2CC[C@@H]1C2. The fourth-order valence-corrected chi connectivity index (χ4v) is 6.39. The zero-order valence-corrected chi connectivity index (χ0v) is 18.1. The van der Waals surface area contributed by atoms with Gasteiger partial charge in [-0.25, -0.2) is 8.42 Å². The van der Waals surface area contributed by atoms with Crippen molar-refractivity contribution in [2.45, 2.75) is 36.6 Å². The smallest absolute Gasteiger partial charge is 0.264 e. The molecule has 0 aromatic heterocycles. The number of amides is 1. The topological polar surface area (TPSA) is 66.5 Å². The van der Waals surface area contributed by atoms with Crippen molar-refractivity contribution in [1.82, 2.24) is 5.32 Å². The van der Waals surface area contributed by atoms with Crippen LogP contribution in [0.5, 0.6) is 0 Å². The van der Waals surface area contributed by atoms with E-state index in [4.69, 9.17) is 23.2 Å². The van der Waals surface area contributed by atoms with Gasteiger partial charge in [0.2, 0.25) is 5.91 Å². The zero-order valence-electron chi connectivity index (χ0n) is 15.7. The molecule has 0 aliphatic heterocycles. The Balaban J connectivity index is 1.63. The number of fused-ring (bicyclic) bond motifs is 2. The Labute approximate surface area is 181 Å². The Morgan fingerprint density at radius 3 is 2.48 bits per heavy atom. The number of halogens is 2. The lowest BCUT2D eigenvalue weighted by Gasteiger charge is -2.27. The molecule has 2 bridgehead atoms. The number of sulfonamides is 1. The molecule has 5 nitrogen and oxygen atoms in total. The standard InChI is InChI=1S/C21H22Cl2N2O3S/c22-16-8-9-18(23)20(12-16)25(29(27,28)17-4-2-1-3-5-17)13-21(26)24-19-11-14-6-7-15(19)10-14/h1-5,8-9,12,14-15,19H,6-7,10-11,13H2,(H,24,26)/t14-,15+,19+/m0/s1. The monoisotopic (exact) mass is 452 g/mol. The van der Waals surface area contributed by atoms with E-state index in [1.54, 1.807) is 24.3 Å². The van der Waals surface area contributed by atoms with Crippen LogP contribution in [0.1, 0.15) is 25.7 Å². The van der Waals surface area contributed by atoms with Crippen molar-refractivity contribution in [1.29, 1.82) is 0 Å². The van der Waals surface area contributed by atoms with Crippen LogP contribution in [0.2, 0.25) is 10.0 Å². The summed E-state index contributed by atoms with van der Waals surface area (Å²) in [5.41, 5.74) is 0.186. The van der Waals surface area contributed by atoms with Gasteiger partial charge in [0, 0.05) is 11.1 Å². The third kappa shape index (κ3) is 4.25. The third-order valence-electron chi connectivity index (χ3n) is 5.88. The first-order valence-electron chi connectivity index (χ1n) is 9.67. The van der Waals surface area contributed by atoms with Crippen molar-refractivity contribution in [3.8, 4) is 0 Å². The molecule has 2 aromatic carbocycles. The second-order valence-electron chi connectivity index (χ2n) is 7.77. The van der Waals surface area contributed by atoms with Gasteiger partial charge in [-0.3, -0.25) is 9.10 Å². The molecule has 3 atom stereocenters. The highest BCUT2D eigenvalue weighted by Crippen LogP contribution is 2.44. The second kappa shape index (κ2) is 8.17. The van der Waals surface area contributed by atoms with E-state index < -0.39 is 10.0 Å². The van der Waals surface area contributed by atoms with Crippen LogP contribution in [0.3, 0.4) is 0 Å². The normalized spacial score (nSPS) is 23.2. The minimum atomic E-state index is -4.00. The molecule has 29 heavy (non-hydrogen) atoms. The lowest BCUT2D eigenvalue weighted by molar-refractivity contribution is -0.120. The molecule has 2 aromatic rings. The number of hydrogen-bond acceptors (Lipinski definition) is 3. The van der Waals surface area contributed by atoms with E-state index in [0.29, 0.717) is 16.9 Å². The van der Waals surface area contributed by atoms with E-state index in [-0.39, 0.29) is 34.1 Å². The molecule has 2 aliphatic carbocycles. The Morgan fingerprint density at radius 2 is 1.83 bits per heavy atom. The van der Waals surface area contributed by atoms with E-state index in [1.165, 1.54) is 30.7 Å². The molecule has 1 amide bonds. The summed E-state index contributed by atoms with van der Waals surface area (Å²) in [6, 6.07) is 12.7. The molecular formula is C21H22Cl2N2O3S. The maximum absolute atomic E-state index is 13.3. The van der Waals surface area contributed by atoms with Crippen molar-refractivity contribution in [3.63, 3.8) is 0 Å². The quantitative estimate of drug-likeness (QED) is 0.701. The fourth-order valence-electron chi connectivity index (χ4n) is 4.50. The first kappa shape index (κ1) is 20.5. The molecule has 0 unspecified atom stereocenters. The van der Waals surface area contributed by atoms with Gasteiger partial charge < -0.3 is 5.32 Å². The summed E-state index contributed by atoms with van der Waals surface area (Å²) in [6.07, 6.45) is 4.47.